The molecule has 2 rings (SSSR count). The van der Waals surface area contributed by atoms with E-state index in [0.717, 1.165) is 6.42 Å². The van der Waals surface area contributed by atoms with Crippen molar-refractivity contribution in [2.45, 2.75) is 64.0 Å². The topological polar surface area (TPSA) is 88.0 Å². The highest BCUT2D eigenvalue weighted by molar-refractivity contribution is 7.46. The van der Waals surface area contributed by atoms with E-state index in [1.165, 1.54) is 37.7 Å². The summed E-state index contributed by atoms with van der Waals surface area (Å²) in [6.07, 6.45) is 7.78. The fourth-order valence-electron chi connectivity index (χ4n) is 3.09. The number of ether oxygens (including phenoxy) is 1. The van der Waals surface area contributed by atoms with Crippen LogP contribution < -0.4 is 10.1 Å². The van der Waals surface area contributed by atoms with Gasteiger partial charge in [-0.3, -0.25) is 4.52 Å². The SMILES string of the molecule is CCCCCCCc1ccc(OC2CN[C@H](COP(=O)(O)O)C2)c(Cl)c1. The minimum atomic E-state index is -4.44. The van der Waals surface area contributed by atoms with Crippen LogP contribution >= 0.6 is 19.4 Å². The molecule has 26 heavy (non-hydrogen) atoms. The van der Waals surface area contributed by atoms with Gasteiger partial charge in [-0.05, 0) is 30.5 Å². The van der Waals surface area contributed by atoms with Gasteiger partial charge in [0.2, 0.25) is 0 Å². The smallest absolute Gasteiger partial charge is 0.469 e. The first-order valence-electron chi connectivity index (χ1n) is 9.26. The third-order valence-corrected chi connectivity index (χ3v) is 5.27. The third kappa shape index (κ3) is 7.95. The summed E-state index contributed by atoms with van der Waals surface area (Å²) in [5.41, 5.74) is 1.22. The Bertz CT molecular complexity index is 609. The first kappa shape index (κ1) is 21.7. The van der Waals surface area contributed by atoms with Crippen LogP contribution in [0.25, 0.3) is 0 Å². The molecule has 0 radical (unpaired) electrons. The summed E-state index contributed by atoms with van der Waals surface area (Å²) in [5.74, 6) is 0.643. The number of halogens is 1. The molecular weight excluding hydrogens is 377 g/mol. The van der Waals surface area contributed by atoms with E-state index >= 15 is 0 Å². The molecule has 0 saturated carbocycles. The van der Waals surface area contributed by atoms with E-state index in [9.17, 15) is 4.57 Å². The van der Waals surface area contributed by atoms with Crippen LogP contribution in [0.1, 0.15) is 51.0 Å². The summed E-state index contributed by atoms with van der Waals surface area (Å²) in [6.45, 7) is 2.75. The van der Waals surface area contributed by atoms with Gasteiger partial charge in [0.05, 0.1) is 11.6 Å². The maximum Gasteiger partial charge on any atom is 0.469 e. The molecule has 1 unspecified atom stereocenters. The van der Waals surface area contributed by atoms with Gasteiger partial charge in [0.15, 0.2) is 0 Å². The Labute approximate surface area is 160 Å². The van der Waals surface area contributed by atoms with E-state index in [1.807, 2.05) is 12.1 Å². The standard InChI is InChI=1S/C18H29ClNO5P/c1-2-3-4-5-6-7-14-8-9-18(17(19)10-14)25-16-11-15(20-12-16)13-24-26(21,22)23/h8-10,15-16,20H,2-7,11-13H2,1H3,(H2,21,22,23)/t15-,16?/m0/s1. The Morgan fingerprint density at radius 1 is 1.27 bits per heavy atom. The summed E-state index contributed by atoms with van der Waals surface area (Å²) in [6, 6.07) is 5.78. The molecule has 1 heterocycles. The van der Waals surface area contributed by atoms with Crippen LogP contribution in [0.3, 0.4) is 0 Å². The maximum atomic E-state index is 10.8. The van der Waals surface area contributed by atoms with Gasteiger partial charge in [0.1, 0.15) is 11.9 Å². The largest absolute Gasteiger partial charge is 0.487 e. The molecular formula is C18H29ClNO5P. The lowest BCUT2D eigenvalue weighted by Crippen LogP contribution is -2.26. The van der Waals surface area contributed by atoms with Crippen molar-refractivity contribution in [2.24, 2.45) is 0 Å². The highest BCUT2D eigenvalue weighted by atomic mass is 35.5. The van der Waals surface area contributed by atoms with Crippen molar-refractivity contribution in [1.29, 1.82) is 0 Å². The van der Waals surface area contributed by atoms with Crippen molar-refractivity contribution in [1.82, 2.24) is 5.32 Å². The minimum Gasteiger partial charge on any atom is -0.487 e. The fourth-order valence-corrected chi connectivity index (χ4v) is 3.72. The predicted molar refractivity (Wildman–Crippen MR) is 103 cm³/mol. The van der Waals surface area contributed by atoms with Crippen molar-refractivity contribution in [3.63, 3.8) is 0 Å². The van der Waals surface area contributed by atoms with Crippen LogP contribution in [-0.4, -0.2) is 35.1 Å². The molecule has 6 nitrogen and oxygen atoms in total. The van der Waals surface area contributed by atoms with E-state index in [0.29, 0.717) is 23.7 Å². The number of unbranched alkanes of at least 4 members (excludes halogenated alkanes) is 4. The molecule has 0 aliphatic carbocycles. The van der Waals surface area contributed by atoms with Gasteiger partial charge in [0.25, 0.3) is 0 Å². The second-order valence-corrected chi connectivity index (χ2v) is 8.44. The van der Waals surface area contributed by atoms with Crippen molar-refractivity contribution in [3.8, 4) is 5.75 Å². The molecule has 2 atom stereocenters. The normalized spacial score (nSPS) is 20.5. The van der Waals surface area contributed by atoms with Gasteiger partial charge in [0, 0.05) is 19.0 Å². The molecule has 0 aromatic heterocycles. The first-order chi connectivity index (χ1) is 12.4. The van der Waals surface area contributed by atoms with E-state index in [2.05, 4.69) is 22.8 Å². The van der Waals surface area contributed by atoms with Crippen LogP contribution in [0.4, 0.5) is 0 Å². The van der Waals surface area contributed by atoms with Crippen LogP contribution in [0.5, 0.6) is 5.75 Å². The number of hydrogen-bond donors (Lipinski definition) is 3. The molecule has 0 spiro atoms. The van der Waals surface area contributed by atoms with Crippen molar-refractivity contribution >= 4 is 19.4 Å². The predicted octanol–water partition coefficient (Wildman–Crippen LogP) is 4.07. The number of phosphoric ester groups is 1. The molecule has 0 bridgehead atoms. The molecule has 1 aromatic carbocycles. The van der Waals surface area contributed by atoms with Gasteiger partial charge < -0.3 is 19.8 Å². The molecule has 0 amide bonds. The highest BCUT2D eigenvalue weighted by Crippen LogP contribution is 2.36. The number of benzene rings is 1. The lowest BCUT2D eigenvalue weighted by molar-refractivity contribution is 0.173. The molecule has 1 saturated heterocycles. The van der Waals surface area contributed by atoms with Gasteiger partial charge in [-0.25, -0.2) is 4.57 Å². The van der Waals surface area contributed by atoms with Crippen LogP contribution in [-0.2, 0) is 15.5 Å². The summed E-state index contributed by atoms with van der Waals surface area (Å²) in [7, 11) is -4.44. The molecule has 3 N–H and O–H groups in total. The molecule has 1 fully saturated rings. The zero-order valence-electron chi connectivity index (χ0n) is 15.2. The van der Waals surface area contributed by atoms with E-state index in [1.54, 1.807) is 0 Å². The number of rotatable bonds is 11. The quantitative estimate of drug-likeness (QED) is 0.380. The van der Waals surface area contributed by atoms with Crippen molar-refractivity contribution < 1.29 is 23.6 Å². The summed E-state index contributed by atoms with van der Waals surface area (Å²) in [5, 5.41) is 3.74. The summed E-state index contributed by atoms with van der Waals surface area (Å²) < 4.78 is 21.2. The number of phosphoric acid groups is 1. The van der Waals surface area contributed by atoms with Crippen LogP contribution in [0.2, 0.25) is 5.02 Å². The Balaban J connectivity index is 1.76. The fraction of sp³-hybridized carbons (Fsp3) is 0.667. The van der Waals surface area contributed by atoms with E-state index < -0.39 is 7.82 Å². The van der Waals surface area contributed by atoms with Gasteiger partial charge in [-0.1, -0.05) is 50.3 Å². The van der Waals surface area contributed by atoms with Crippen LogP contribution in [0, 0.1) is 0 Å². The average Bonchev–Trinajstić information content (AvgIpc) is 3.02. The number of hydrogen-bond acceptors (Lipinski definition) is 4. The molecule has 1 aromatic rings. The maximum absolute atomic E-state index is 10.8. The Kier molecular flexibility index (Phi) is 8.88. The average molecular weight is 406 g/mol. The molecule has 1 aliphatic rings. The summed E-state index contributed by atoms with van der Waals surface area (Å²) in [4.78, 5) is 17.5. The van der Waals surface area contributed by atoms with E-state index in [-0.39, 0.29) is 18.8 Å². The number of aryl methyl sites for hydroxylation is 1. The highest BCUT2D eigenvalue weighted by Gasteiger charge is 2.28. The molecule has 8 heteroatoms. The van der Waals surface area contributed by atoms with Gasteiger partial charge in [-0.2, -0.15) is 0 Å². The Hall–Kier alpha value is -0.620. The lowest BCUT2D eigenvalue weighted by atomic mass is 10.1. The monoisotopic (exact) mass is 405 g/mol. The second kappa shape index (κ2) is 10.6. The summed E-state index contributed by atoms with van der Waals surface area (Å²) >= 11 is 6.35. The first-order valence-corrected chi connectivity index (χ1v) is 11.2. The van der Waals surface area contributed by atoms with Crippen molar-refractivity contribution in [3.05, 3.63) is 28.8 Å². The van der Waals surface area contributed by atoms with Crippen LogP contribution in [0.15, 0.2) is 18.2 Å². The Morgan fingerprint density at radius 3 is 2.73 bits per heavy atom. The molecule has 1 aliphatic heterocycles. The third-order valence-electron chi connectivity index (χ3n) is 4.48. The van der Waals surface area contributed by atoms with Gasteiger partial charge >= 0.3 is 7.82 Å². The van der Waals surface area contributed by atoms with Gasteiger partial charge in [-0.15, -0.1) is 0 Å². The molecule has 148 valence electrons. The van der Waals surface area contributed by atoms with Crippen molar-refractivity contribution in [2.75, 3.05) is 13.2 Å². The number of nitrogens with one attached hydrogen (secondary N) is 1. The minimum absolute atomic E-state index is 0.0468. The lowest BCUT2D eigenvalue weighted by Gasteiger charge is -2.15. The zero-order chi connectivity index (χ0) is 19.0. The zero-order valence-corrected chi connectivity index (χ0v) is 16.8. The second-order valence-electron chi connectivity index (χ2n) is 6.80. The Morgan fingerprint density at radius 2 is 2.04 bits per heavy atom. The van der Waals surface area contributed by atoms with E-state index in [4.69, 9.17) is 26.1 Å².